The molecule has 112 valence electrons. The average Bonchev–Trinajstić information content (AvgIpc) is 2.46. The first-order valence-electron chi connectivity index (χ1n) is 7.21. The fourth-order valence-corrected chi connectivity index (χ4v) is 3.11. The Morgan fingerprint density at radius 2 is 1.65 bits per heavy atom. The van der Waals surface area contributed by atoms with Crippen LogP contribution in [0.5, 0.6) is 11.5 Å². The Labute approximate surface area is 120 Å². The van der Waals surface area contributed by atoms with Gasteiger partial charge in [-0.2, -0.15) is 0 Å². The van der Waals surface area contributed by atoms with E-state index in [4.69, 9.17) is 15.2 Å². The standard InChI is InChI=1S/C16H24FNO2/c1-11(17)12-9-14(19-2)15(20-3)10-13(12)16(18)7-5-4-6-8-16/h9-11H,4-8,18H2,1-3H3. The van der Waals surface area contributed by atoms with E-state index in [0.29, 0.717) is 17.1 Å². The summed E-state index contributed by atoms with van der Waals surface area (Å²) in [6.07, 6.45) is 4.08. The third kappa shape index (κ3) is 2.75. The average molecular weight is 281 g/mol. The predicted molar refractivity (Wildman–Crippen MR) is 78.0 cm³/mol. The summed E-state index contributed by atoms with van der Waals surface area (Å²) in [5, 5.41) is 0. The molecule has 0 saturated heterocycles. The number of rotatable bonds is 4. The Balaban J connectivity index is 2.54. The SMILES string of the molecule is COc1cc(C(C)F)c(C2(N)CCCCC2)cc1OC. The smallest absolute Gasteiger partial charge is 0.161 e. The molecule has 1 saturated carbocycles. The molecule has 0 radical (unpaired) electrons. The minimum Gasteiger partial charge on any atom is -0.493 e. The summed E-state index contributed by atoms with van der Waals surface area (Å²) in [5.74, 6) is 1.16. The Morgan fingerprint density at radius 3 is 2.15 bits per heavy atom. The van der Waals surface area contributed by atoms with Gasteiger partial charge in [-0.15, -0.1) is 0 Å². The summed E-state index contributed by atoms with van der Waals surface area (Å²) >= 11 is 0. The van der Waals surface area contributed by atoms with Crippen LogP contribution in [0, 0.1) is 0 Å². The molecule has 3 nitrogen and oxygen atoms in total. The predicted octanol–water partition coefficient (Wildman–Crippen LogP) is 3.85. The lowest BCUT2D eigenvalue weighted by Crippen LogP contribution is -2.39. The molecule has 0 bridgehead atoms. The van der Waals surface area contributed by atoms with E-state index < -0.39 is 11.7 Å². The van der Waals surface area contributed by atoms with E-state index >= 15 is 0 Å². The van der Waals surface area contributed by atoms with Gasteiger partial charge >= 0.3 is 0 Å². The lowest BCUT2D eigenvalue weighted by molar-refractivity contribution is 0.286. The van der Waals surface area contributed by atoms with E-state index in [9.17, 15) is 4.39 Å². The number of ether oxygens (including phenoxy) is 2. The van der Waals surface area contributed by atoms with Crippen LogP contribution in [0.2, 0.25) is 0 Å². The summed E-state index contributed by atoms with van der Waals surface area (Å²) in [7, 11) is 3.15. The summed E-state index contributed by atoms with van der Waals surface area (Å²) < 4.78 is 24.6. The van der Waals surface area contributed by atoms with Crippen LogP contribution < -0.4 is 15.2 Å². The van der Waals surface area contributed by atoms with Gasteiger partial charge in [0.15, 0.2) is 11.5 Å². The van der Waals surface area contributed by atoms with Crippen molar-refractivity contribution in [3.8, 4) is 11.5 Å². The topological polar surface area (TPSA) is 44.5 Å². The Morgan fingerprint density at radius 1 is 1.10 bits per heavy atom. The molecule has 1 aliphatic carbocycles. The van der Waals surface area contributed by atoms with Gasteiger partial charge in [-0.1, -0.05) is 19.3 Å². The molecule has 1 fully saturated rings. The lowest BCUT2D eigenvalue weighted by Gasteiger charge is -2.36. The van der Waals surface area contributed by atoms with Crippen LogP contribution in [0.4, 0.5) is 4.39 Å². The minimum absolute atomic E-state index is 0.451. The van der Waals surface area contributed by atoms with Gasteiger partial charge in [-0.05, 0) is 43.0 Å². The maximum Gasteiger partial charge on any atom is 0.161 e. The van der Waals surface area contributed by atoms with Crippen LogP contribution >= 0.6 is 0 Å². The maximum atomic E-state index is 14.0. The molecule has 2 N–H and O–H groups in total. The van der Waals surface area contributed by atoms with Crippen molar-refractivity contribution < 1.29 is 13.9 Å². The first kappa shape index (κ1) is 15.1. The lowest BCUT2D eigenvalue weighted by atomic mass is 9.75. The largest absolute Gasteiger partial charge is 0.493 e. The van der Waals surface area contributed by atoms with Crippen LogP contribution in [0.25, 0.3) is 0 Å². The quantitative estimate of drug-likeness (QED) is 0.911. The molecule has 0 spiro atoms. The van der Waals surface area contributed by atoms with Crippen molar-refractivity contribution in [2.75, 3.05) is 14.2 Å². The number of benzene rings is 1. The minimum atomic E-state index is -1.08. The number of alkyl halides is 1. The van der Waals surface area contributed by atoms with E-state index in [2.05, 4.69) is 0 Å². The van der Waals surface area contributed by atoms with Gasteiger partial charge in [-0.3, -0.25) is 0 Å². The van der Waals surface area contributed by atoms with Gasteiger partial charge in [0.2, 0.25) is 0 Å². The number of halogens is 1. The number of methoxy groups -OCH3 is 2. The first-order chi connectivity index (χ1) is 9.51. The van der Waals surface area contributed by atoms with Crippen LogP contribution in [0.15, 0.2) is 12.1 Å². The van der Waals surface area contributed by atoms with Gasteiger partial charge in [0.1, 0.15) is 6.17 Å². The Bertz CT molecular complexity index is 468. The molecule has 0 aliphatic heterocycles. The van der Waals surface area contributed by atoms with E-state index in [1.54, 1.807) is 20.3 Å². The molecule has 1 unspecified atom stereocenters. The van der Waals surface area contributed by atoms with Crippen LogP contribution in [0.3, 0.4) is 0 Å². The second-order valence-corrected chi connectivity index (χ2v) is 5.63. The molecule has 1 aromatic rings. The second kappa shape index (κ2) is 6.00. The van der Waals surface area contributed by atoms with E-state index in [-0.39, 0.29) is 0 Å². The van der Waals surface area contributed by atoms with E-state index in [1.165, 1.54) is 13.3 Å². The third-order valence-electron chi connectivity index (χ3n) is 4.27. The molecule has 2 rings (SSSR count). The first-order valence-corrected chi connectivity index (χ1v) is 7.21. The van der Waals surface area contributed by atoms with Gasteiger partial charge in [0.05, 0.1) is 14.2 Å². The number of hydrogen-bond acceptors (Lipinski definition) is 3. The highest BCUT2D eigenvalue weighted by Crippen LogP contribution is 2.43. The fraction of sp³-hybridized carbons (Fsp3) is 0.625. The van der Waals surface area contributed by atoms with Crippen molar-refractivity contribution in [1.82, 2.24) is 0 Å². The summed E-state index contributed by atoms with van der Waals surface area (Å²) in [6, 6.07) is 3.58. The molecule has 1 aromatic carbocycles. The van der Waals surface area contributed by atoms with Gasteiger partial charge in [0, 0.05) is 5.54 Å². The molecule has 4 heteroatoms. The number of nitrogens with two attached hydrogens (primary N) is 1. The normalized spacial score (nSPS) is 19.4. The zero-order valence-corrected chi connectivity index (χ0v) is 12.5. The van der Waals surface area contributed by atoms with Gasteiger partial charge in [-0.25, -0.2) is 4.39 Å². The zero-order valence-electron chi connectivity index (χ0n) is 12.5. The summed E-state index contributed by atoms with van der Waals surface area (Å²) in [6.45, 7) is 1.54. The van der Waals surface area contributed by atoms with Crippen molar-refractivity contribution in [2.45, 2.75) is 50.7 Å². The molecular formula is C16H24FNO2. The van der Waals surface area contributed by atoms with Crippen molar-refractivity contribution in [3.63, 3.8) is 0 Å². The molecule has 0 aromatic heterocycles. The Hall–Kier alpha value is -1.29. The Kier molecular flexibility index (Phi) is 4.53. The van der Waals surface area contributed by atoms with Crippen LogP contribution in [-0.2, 0) is 5.54 Å². The fourth-order valence-electron chi connectivity index (χ4n) is 3.11. The maximum absolute atomic E-state index is 14.0. The van der Waals surface area contributed by atoms with Crippen molar-refractivity contribution in [1.29, 1.82) is 0 Å². The van der Waals surface area contributed by atoms with E-state index in [1.807, 2.05) is 6.07 Å². The number of hydrogen-bond donors (Lipinski definition) is 1. The molecule has 0 amide bonds. The highest BCUT2D eigenvalue weighted by molar-refractivity contribution is 5.50. The third-order valence-corrected chi connectivity index (χ3v) is 4.27. The van der Waals surface area contributed by atoms with Crippen molar-refractivity contribution in [2.24, 2.45) is 5.73 Å². The molecule has 20 heavy (non-hydrogen) atoms. The van der Waals surface area contributed by atoms with Gasteiger partial charge < -0.3 is 15.2 Å². The van der Waals surface area contributed by atoms with Crippen LogP contribution in [-0.4, -0.2) is 14.2 Å². The highest BCUT2D eigenvalue weighted by atomic mass is 19.1. The molecule has 1 aliphatic rings. The molecular weight excluding hydrogens is 257 g/mol. The summed E-state index contributed by atoms with van der Waals surface area (Å²) in [5.41, 5.74) is 7.60. The zero-order chi connectivity index (χ0) is 14.8. The second-order valence-electron chi connectivity index (χ2n) is 5.63. The monoisotopic (exact) mass is 281 g/mol. The van der Waals surface area contributed by atoms with Crippen molar-refractivity contribution >= 4 is 0 Å². The molecule has 0 heterocycles. The van der Waals surface area contributed by atoms with Crippen LogP contribution in [0.1, 0.15) is 56.3 Å². The highest BCUT2D eigenvalue weighted by Gasteiger charge is 2.33. The van der Waals surface area contributed by atoms with Gasteiger partial charge in [0.25, 0.3) is 0 Å². The molecule has 1 atom stereocenters. The van der Waals surface area contributed by atoms with Crippen molar-refractivity contribution in [3.05, 3.63) is 23.3 Å². The summed E-state index contributed by atoms with van der Waals surface area (Å²) in [4.78, 5) is 0. The van der Waals surface area contributed by atoms with E-state index in [0.717, 1.165) is 31.2 Å².